The molecule has 0 aliphatic carbocycles. The third kappa shape index (κ3) is 3.00. The van der Waals surface area contributed by atoms with Gasteiger partial charge in [0.15, 0.2) is 0 Å². The second-order valence-electron chi connectivity index (χ2n) is 3.80. The predicted octanol–water partition coefficient (Wildman–Crippen LogP) is 3.16. The molecule has 0 bridgehead atoms. The summed E-state index contributed by atoms with van der Waals surface area (Å²) in [6.45, 7) is 2.08. The van der Waals surface area contributed by atoms with Crippen molar-refractivity contribution in [3.8, 4) is 0 Å². The van der Waals surface area contributed by atoms with Gasteiger partial charge in [0, 0.05) is 18.3 Å². The van der Waals surface area contributed by atoms with E-state index in [1.165, 1.54) is 12.8 Å². The van der Waals surface area contributed by atoms with Crippen molar-refractivity contribution in [1.29, 1.82) is 0 Å². The minimum atomic E-state index is 0.583. The number of halogens is 2. The maximum absolute atomic E-state index is 5.92. The standard InChI is InChI=1S/C11H14Cl2N2/c12-10-4-3-8(6-11(10)13)15-7-9-2-1-5-14-9/h3-4,6,9,14-15H,1-2,5,7H2/t9-/m0/s1. The lowest BCUT2D eigenvalue weighted by Crippen LogP contribution is -2.29. The summed E-state index contributed by atoms with van der Waals surface area (Å²) in [5.41, 5.74) is 1.03. The second-order valence-corrected chi connectivity index (χ2v) is 4.62. The molecule has 82 valence electrons. The molecule has 0 aromatic heterocycles. The Labute approximate surface area is 100.0 Å². The van der Waals surface area contributed by atoms with Gasteiger partial charge in [-0.2, -0.15) is 0 Å². The smallest absolute Gasteiger partial charge is 0.0612 e. The van der Waals surface area contributed by atoms with E-state index >= 15 is 0 Å². The summed E-state index contributed by atoms with van der Waals surface area (Å²) in [5.74, 6) is 0. The molecule has 2 N–H and O–H groups in total. The zero-order valence-corrected chi connectivity index (χ0v) is 9.91. The van der Waals surface area contributed by atoms with E-state index < -0.39 is 0 Å². The molecule has 1 aromatic rings. The van der Waals surface area contributed by atoms with E-state index in [0.29, 0.717) is 16.1 Å². The van der Waals surface area contributed by atoms with Crippen molar-refractivity contribution < 1.29 is 0 Å². The van der Waals surface area contributed by atoms with Crippen LogP contribution in [0.3, 0.4) is 0 Å². The molecule has 1 fully saturated rings. The van der Waals surface area contributed by atoms with E-state index in [0.717, 1.165) is 18.8 Å². The molecule has 1 saturated heterocycles. The van der Waals surface area contributed by atoms with Gasteiger partial charge in [-0.05, 0) is 37.6 Å². The van der Waals surface area contributed by atoms with Crippen molar-refractivity contribution in [3.05, 3.63) is 28.2 Å². The van der Waals surface area contributed by atoms with Crippen LogP contribution in [-0.2, 0) is 0 Å². The van der Waals surface area contributed by atoms with Gasteiger partial charge in [-0.1, -0.05) is 23.2 Å². The molecular weight excluding hydrogens is 231 g/mol. The zero-order valence-electron chi connectivity index (χ0n) is 8.39. The first-order valence-corrected chi connectivity index (χ1v) is 5.93. The molecular formula is C11H14Cl2N2. The number of nitrogens with one attached hydrogen (secondary N) is 2. The van der Waals surface area contributed by atoms with Gasteiger partial charge in [-0.15, -0.1) is 0 Å². The monoisotopic (exact) mass is 244 g/mol. The molecule has 2 rings (SSSR count). The number of rotatable bonds is 3. The van der Waals surface area contributed by atoms with Crippen LogP contribution >= 0.6 is 23.2 Å². The van der Waals surface area contributed by atoms with Crippen LogP contribution in [-0.4, -0.2) is 19.1 Å². The molecule has 1 aliphatic rings. The van der Waals surface area contributed by atoms with Crippen molar-refractivity contribution in [1.82, 2.24) is 5.32 Å². The van der Waals surface area contributed by atoms with Crippen LogP contribution in [0, 0.1) is 0 Å². The molecule has 1 aromatic carbocycles. The first kappa shape index (κ1) is 11.1. The van der Waals surface area contributed by atoms with Crippen molar-refractivity contribution in [2.45, 2.75) is 18.9 Å². The summed E-state index contributed by atoms with van der Waals surface area (Å²) in [5, 5.41) is 7.98. The number of benzene rings is 1. The Balaban J connectivity index is 1.90. The van der Waals surface area contributed by atoms with Crippen molar-refractivity contribution in [2.75, 3.05) is 18.4 Å². The van der Waals surface area contributed by atoms with Crippen LogP contribution < -0.4 is 10.6 Å². The van der Waals surface area contributed by atoms with Crippen LogP contribution in [0.5, 0.6) is 0 Å². The molecule has 0 saturated carbocycles. The minimum Gasteiger partial charge on any atom is -0.383 e. The highest BCUT2D eigenvalue weighted by Crippen LogP contribution is 2.25. The fraction of sp³-hybridized carbons (Fsp3) is 0.455. The van der Waals surface area contributed by atoms with Gasteiger partial charge in [0.1, 0.15) is 0 Å². The van der Waals surface area contributed by atoms with Crippen LogP contribution in [0.25, 0.3) is 0 Å². The second kappa shape index (κ2) is 5.06. The fourth-order valence-electron chi connectivity index (χ4n) is 1.78. The molecule has 0 radical (unpaired) electrons. The van der Waals surface area contributed by atoms with E-state index in [1.807, 2.05) is 18.2 Å². The maximum Gasteiger partial charge on any atom is 0.0612 e. The Morgan fingerprint density at radius 2 is 2.20 bits per heavy atom. The third-order valence-electron chi connectivity index (χ3n) is 2.63. The lowest BCUT2D eigenvalue weighted by molar-refractivity contribution is 0.633. The molecule has 0 spiro atoms. The maximum atomic E-state index is 5.92. The van der Waals surface area contributed by atoms with E-state index in [1.54, 1.807) is 0 Å². The summed E-state index contributed by atoms with van der Waals surface area (Å²) < 4.78 is 0. The summed E-state index contributed by atoms with van der Waals surface area (Å²) in [4.78, 5) is 0. The van der Waals surface area contributed by atoms with Gasteiger partial charge in [-0.3, -0.25) is 0 Å². The molecule has 1 heterocycles. The summed E-state index contributed by atoms with van der Waals surface area (Å²) in [7, 11) is 0. The Morgan fingerprint density at radius 3 is 2.87 bits per heavy atom. The first-order valence-electron chi connectivity index (χ1n) is 5.18. The number of anilines is 1. The summed E-state index contributed by atoms with van der Waals surface area (Å²) >= 11 is 11.8. The average Bonchev–Trinajstić information content (AvgIpc) is 2.73. The molecule has 4 heteroatoms. The number of hydrogen-bond acceptors (Lipinski definition) is 2. The molecule has 2 nitrogen and oxygen atoms in total. The van der Waals surface area contributed by atoms with Crippen molar-refractivity contribution in [2.24, 2.45) is 0 Å². The lowest BCUT2D eigenvalue weighted by Gasteiger charge is -2.12. The van der Waals surface area contributed by atoms with Crippen LogP contribution in [0.2, 0.25) is 10.0 Å². The number of hydrogen-bond donors (Lipinski definition) is 2. The van der Waals surface area contributed by atoms with Gasteiger partial charge in [-0.25, -0.2) is 0 Å². The fourth-order valence-corrected chi connectivity index (χ4v) is 2.08. The molecule has 0 unspecified atom stereocenters. The Hall–Kier alpha value is -0.440. The largest absolute Gasteiger partial charge is 0.383 e. The van der Waals surface area contributed by atoms with E-state index in [-0.39, 0.29) is 0 Å². The Bertz CT molecular complexity index is 335. The molecule has 1 atom stereocenters. The molecule has 0 amide bonds. The SMILES string of the molecule is Clc1ccc(NC[C@@H]2CCCN2)cc1Cl. The van der Waals surface area contributed by atoms with Gasteiger partial charge in [0.05, 0.1) is 10.0 Å². The van der Waals surface area contributed by atoms with Gasteiger partial charge in [0.2, 0.25) is 0 Å². The van der Waals surface area contributed by atoms with E-state index in [4.69, 9.17) is 23.2 Å². The van der Waals surface area contributed by atoms with Gasteiger partial charge < -0.3 is 10.6 Å². The van der Waals surface area contributed by atoms with E-state index in [2.05, 4.69) is 10.6 Å². The molecule has 15 heavy (non-hydrogen) atoms. The molecule has 1 aliphatic heterocycles. The highest BCUT2D eigenvalue weighted by atomic mass is 35.5. The topological polar surface area (TPSA) is 24.1 Å². The normalized spacial score (nSPS) is 20.5. The lowest BCUT2D eigenvalue weighted by atomic mass is 10.2. The Kier molecular flexibility index (Phi) is 3.73. The van der Waals surface area contributed by atoms with Crippen molar-refractivity contribution in [3.63, 3.8) is 0 Å². The first-order chi connectivity index (χ1) is 7.25. The van der Waals surface area contributed by atoms with Crippen molar-refractivity contribution >= 4 is 28.9 Å². The van der Waals surface area contributed by atoms with Crippen LogP contribution in [0.1, 0.15) is 12.8 Å². The minimum absolute atomic E-state index is 0.583. The highest BCUT2D eigenvalue weighted by Gasteiger charge is 2.13. The Morgan fingerprint density at radius 1 is 1.33 bits per heavy atom. The third-order valence-corrected chi connectivity index (χ3v) is 3.37. The summed E-state index contributed by atoms with van der Waals surface area (Å²) in [6.07, 6.45) is 2.52. The van der Waals surface area contributed by atoms with Crippen LogP contribution in [0.4, 0.5) is 5.69 Å². The predicted molar refractivity (Wildman–Crippen MR) is 66.0 cm³/mol. The van der Waals surface area contributed by atoms with Crippen LogP contribution in [0.15, 0.2) is 18.2 Å². The highest BCUT2D eigenvalue weighted by molar-refractivity contribution is 6.42. The zero-order chi connectivity index (χ0) is 10.7. The van der Waals surface area contributed by atoms with E-state index in [9.17, 15) is 0 Å². The van der Waals surface area contributed by atoms with Gasteiger partial charge >= 0.3 is 0 Å². The summed E-state index contributed by atoms with van der Waals surface area (Å²) in [6, 6.07) is 6.20. The quantitative estimate of drug-likeness (QED) is 0.854. The van der Waals surface area contributed by atoms with Gasteiger partial charge in [0.25, 0.3) is 0 Å². The average molecular weight is 245 g/mol.